The van der Waals surface area contributed by atoms with Crippen molar-refractivity contribution in [3.63, 3.8) is 0 Å². The van der Waals surface area contributed by atoms with Crippen LogP contribution in [0.25, 0.3) is 10.8 Å². The van der Waals surface area contributed by atoms with Gasteiger partial charge in [-0.25, -0.2) is 0 Å². The number of piperidine rings is 1. The molecule has 1 saturated heterocycles. The molecule has 0 radical (unpaired) electrons. The summed E-state index contributed by atoms with van der Waals surface area (Å²) in [7, 11) is 1.47. The molecule has 0 aromatic heterocycles. The highest BCUT2D eigenvalue weighted by atomic mass is 16.7. The minimum atomic E-state index is -1.90. The highest BCUT2D eigenvalue weighted by Crippen LogP contribution is 2.54. The Morgan fingerprint density at radius 3 is 2.23 bits per heavy atom. The molecule has 5 N–H and O–H groups in total. The summed E-state index contributed by atoms with van der Waals surface area (Å²) in [4.78, 5) is 42.6. The number of esters is 1. The number of hydrogen-bond donors (Lipinski definition) is 5. The van der Waals surface area contributed by atoms with Crippen molar-refractivity contribution in [2.24, 2.45) is 29.6 Å². The van der Waals surface area contributed by atoms with Crippen LogP contribution in [0.4, 0.5) is 11.4 Å². The molecule has 0 spiro atoms. The Hall–Kier alpha value is -4.59. The average Bonchev–Trinajstić information content (AvgIpc) is 3.43. The molecule has 6 rings (SSSR count). The number of rotatable bonds is 3. The first kappa shape index (κ1) is 42.6. The van der Waals surface area contributed by atoms with Gasteiger partial charge in [-0.05, 0) is 44.7 Å². The first-order valence-corrected chi connectivity index (χ1v) is 19.4. The second-order valence-electron chi connectivity index (χ2n) is 16.1. The van der Waals surface area contributed by atoms with Gasteiger partial charge in [0.25, 0.3) is 11.7 Å². The van der Waals surface area contributed by atoms with Crippen molar-refractivity contribution >= 4 is 39.8 Å². The number of Topliss-reactive ketones (excluding diaryl/α,β-unsaturated/α-hetero) is 1. The third-order valence-electron chi connectivity index (χ3n) is 12.0. The molecule has 5 bridgehead atoms. The Kier molecular flexibility index (Phi) is 12.8. The average molecular weight is 779 g/mol. The number of aliphatic hydroxyl groups excluding tert-OH is 2. The SMILES string of the molecule is CO[C@H]1/C=C/O[C@@]2(C)Oc3c(C)c(O)c4c(O)c(cc(N5CCC(C)CC5)c4c3C2=O)NC(=O)/C(C)=C\C=C\[C@H](C)[C@H](O)[C@@H](C)[C@@H](O)[C@H](C)[C@H](OC(C)=O)[C@H]1C. The predicted molar refractivity (Wildman–Crippen MR) is 213 cm³/mol. The Morgan fingerprint density at radius 2 is 1.61 bits per heavy atom. The fourth-order valence-electron chi connectivity index (χ4n) is 8.15. The number of ether oxygens (including phenoxy) is 4. The van der Waals surface area contributed by atoms with E-state index < -0.39 is 77.3 Å². The molecule has 0 unspecified atom stereocenters. The number of phenols is 2. The maximum Gasteiger partial charge on any atom is 0.312 e. The lowest BCUT2D eigenvalue weighted by molar-refractivity contribution is -0.160. The van der Waals surface area contributed by atoms with E-state index in [1.165, 1.54) is 27.2 Å². The maximum absolute atomic E-state index is 14.6. The van der Waals surface area contributed by atoms with Gasteiger partial charge in [0.15, 0.2) is 5.75 Å². The van der Waals surface area contributed by atoms with Crippen molar-refractivity contribution in [1.82, 2.24) is 0 Å². The smallest absolute Gasteiger partial charge is 0.312 e. The van der Waals surface area contributed by atoms with E-state index in [0.29, 0.717) is 24.7 Å². The lowest BCUT2D eigenvalue weighted by atomic mass is 9.78. The summed E-state index contributed by atoms with van der Waals surface area (Å²) in [6.45, 7) is 16.4. The minimum Gasteiger partial charge on any atom is -0.507 e. The molecule has 4 aliphatic heterocycles. The van der Waals surface area contributed by atoms with E-state index >= 15 is 0 Å². The number of fused-ring (bicyclic) bond motifs is 14. The number of carbonyl (C=O) groups excluding carboxylic acids is 3. The highest BCUT2D eigenvalue weighted by molar-refractivity contribution is 6.23. The van der Waals surface area contributed by atoms with Gasteiger partial charge in [0.1, 0.15) is 17.6 Å². The molecule has 2 aromatic carbocycles. The van der Waals surface area contributed by atoms with E-state index in [0.717, 1.165) is 12.8 Å². The first-order valence-electron chi connectivity index (χ1n) is 19.4. The van der Waals surface area contributed by atoms with Crippen LogP contribution in [0.2, 0.25) is 0 Å². The summed E-state index contributed by atoms with van der Waals surface area (Å²) >= 11 is 0. The van der Waals surface area contributed by atoms with Gasteiger partial charge in [-0.2, -0.15) is 0 Å². The highest BCUT2D eigenvalue weighted by Gasteiger charge is 2.50. The number of carbonyl (C=O) groups is 3. The maximum atomic E-state index is 14.6. The number of methoxy groups -OCH3 is 1. The largest absolute Gasteiger partial charge is 0.507 e. The molecule has 306 valence electrons. The molecule has 0 aliphatic carbocycles. The van der Waals surface area contributed by atoms with Crippen LogP contribution in [0.5, 0.6) is 17.2 Å². The number of allylic oxidation sites excluding steroid dienone is 2. The number of ketones is 1. The number of nitrogens with one attached hydrogen (secondary N) is 1. The molecule has 56 heavy (non-hydrogen) atoms. The van der Waals surface area contributed by atoms with Crippen LogP contribution >= 0.6 is 0 Å². The molecule has 4 aliphatic rings. The van der Waals surface area contributed by atoms with Gasteiger partial charge in [0.2, 0.25) is 0 Å². The van der Waals surface area contributed by atoms with Crippen LogP contribution < -0.4 is 15.0 Å². The number of aromatic hydroxyl groups is 2. The van der Waals surface area contributed by atoms with E-state index in [4.69, 9.17) is 18.9 Å². The summed E-state index contributed by atoms with van der Waals surface area (Å²) < 4.78 is 23.9. The van der Waals surface area contributed by atoms with Crippen LogP contribution in [0.1, 0.15) is 84.2 Å². The van der Waals surface area contributed by atoms with Gasteiger partial charge in [-0.1, -0.05) is 52.8 Å². The van der Waals surface area contributed by atoms with Gasteiger partial charge in [0.05, 0.1) is 41.2 Å². The molecule has 2 aromatic rings. The van der Waals surface area contributed by atoms with Crippen LogP contribution in [-0.4, -0.2) is 88.5 Å². The fourth-order valence-corrected chi connectivity index (χ4v) is 8.15. The standard InChI is InChI=1S/C43H58N2O11/c1-21-14-17-45(18-15-21)30-20-29-38(50)33-32(30)34-40(27(7)37(33)49)56-43(9,41(34)51)54-19-16-31(53-10)24(4)39(55-28(8)46)26(6)36(48)25(5)35(47)22(2)12-11-13-23(3)42(52)44-29/h11-13,16,19-22,24-26,31,35-36,39,47-50H,14-15,17-18H2,1-10H3,(H,44,52)/b12-11+,19-16+,23-13-/t22-,24-,25+,26-,31-,35-,36+,39+,43-/m0/s1. The zero-order chi connectivity index (χ0) is 41.4. The fraction of sp³-hybridized carbons (Fsp3) is 0.558. The normalized spacial score (nSPS) is 33.0. The first-order chi connectivity index (χ1) is 26.3. The molecule has 1 amide bonds. The van der Waals surface area contributed by atoms with Gasteiger partial charge < -0.3 is 49.6 Å². The molecule has 1 fully saturated rings. The van der Waals surface area contributed by atoms with Crippen molar-refractivity contribution < 1.29 is 53.8 Å². The second-order valence-corrected chi connectivity index (χ2v) is 16.1. The van der Waals surface area contributed by atoms with Crippen LogP contribution in [0.15, 0.2) is 42.2 Å². The summed E-state index contributed by atoms with van der Waals surface area (Å²) in [5.74, 6) is -5.96. The second kappa shape index (κ2) is 16.9. The third-order valence-corrected chi connectivity index (χ3v) is 12.0. The molecule has 9 atom stereocenters. The molecule has 4 heterocycles. The van der Waals surface area contributed by atoms with Gasteiger partial charge in [-0.3, -0.25) is 14.4 Å². The number of hydrogen-bond acceptors (Lipinski definition) is 12. The number of nitrogens with zero attached hydrogens (tertiary/aromatic N) is 1. The minimum absolute atomic E-state index is 0.00146. The molecule has 13 heteroatoms. The Bertz CT molecular complexity index is 1930. The van der Waals surface area contributed by atoms with Crippen molar-refractivity contribution in [3.8, 4) is 17.2 Å². The summed E-state index contributed by atoms with van der Waals surface area (Å²) in [6.07, 6.45) is 5.83. The van der Waals surface area contributed by atoms with Crippen LogP contribution in [-0.2, 0) is 23.8 Å². The third kappa shape index (κ3) is 8.12. The number of benzene rings is 2. The van der Waals surface area contributed by atoms with E-state index in [2.05, 4.69) is 17.1 Å². The van der Waals surface area contributed by atoms with Gasteiger partial charge >= 0.3 is 11.8 Å². The molecule has 13 nitrogen and oxygen atoms in total. The Morgan fingerprint density at radius 1 is 0.946 bits per heavy atom. The Labute approximate surface area is 328 Å². The number of anilines is 2. The Balaban J connectivity index is 1.69. The zero-order valence-corrected chi connectivity index (χ0v) is 34.1. The van der Waals surface area contributed by atoms with Crippen LogP contribution in [0, 0.1) is 36.5 Å². The van der Waals surface area contributed by atoms with Gasteiger partial charge in [-0.15, -0.1) is 0 Å². The monoisotopic (exact) mass is 778 g/mol. The van der Waals surface area contributed by atoms with Crippen LogP contribution in [0.3, 0.4) is 0 Å². The number of aliphatic hydroxyl groups is 2. The lowest BCUT2D eigenvalue weighted by Crippen LogP contribution is -2.46. The van der Waals surface area contributed by atoms with E-state index in [1.54, 1.807) is 71.9 Å². The van der Waals surface area contributed by atoms with E-state index in [-0.39, 0.29) is 44.7 Å². The van der Waals surface area contributed by atoms with E-state index in [9.17, 15) is 34.8 Å². The summed E-state index contributed by atoms with van der Waals surface area (Å²) in [5, 5.41) is 49.4. The number of amides is 1. The van der Waals surface area contributed by atoms with Gasteiger partial charge in [0, 0.05) is 79.9 Å². The van der Waals surface area contributed by atoms with Crippen molar-refractivity contribution in [2.75, 3.05) is 30.4 Å². The predicted octanol–water partition coefficient (Wildman–Crippen LogP) is 6.28. The summed E-state index contributed by atoms with van der Waals surface area (Å²) in [6, 6.07) is 1.63. The number of phenolic OH excluding ortho intramolecular Hbond substituents is 2. The summed E-state index contributed by atoms with van der Waals surface area (Å²) in [5.41, 5.74) is 1.21. The van der Waals surface area contributed by atoms with E-state index in [1.807, 2.05) is 0 Å². The molecular formula is C43H58N2O11. The topological polar surface area (TPSA) is 184 Å². The van der Waals surface area contributed by atoms with Crippen molar-refractivity contribution in [3.05, 3.63) is 53.3 Å². The molecular weight excluding hydrogens is 720 g/mol. The quantitative estimate of drug-likeness (QED) is 0.174. The van der Waals surface area contributed by atoms with Crippen molar-refractivity contribution in [2.45, 2.75) is 105 Å². The zero-order valence-electron chi connectivity index (χ0n) is 34.1. The molecule has 0 saturated carbocycles. The van der Waals surface area contributed by atoms with Crippen molar-refractivity contribution in [1.29, 1.82) is 0 Å². The lowest BCUT2D eigenvalue weighted by Gasteiger charge is -2.38.